The molecule has 1 aliphatic heterocycles. The molecular weight excluding hydrogens is 349 g/mol. The van der Waals surface area contributed by atoms with E-state index in [1.54, 1.807) is 37.4 Å². The number of hydrogen-bond acceptors (Lipinski definition) is 5. The number of carboxylic acids is 1. The Hall–Kier alpha value is -2.55. The molecule has 1 saturated heterocycles. The molecule has 3 heterocycles. The van der Waals surface area contributed by atoms with Gasteiger partial charge in [0.15, 0.2) is 0 Å². The maximum Gasteiger partial charge on any atom is 0.411 e. The Bertz CT molecular complexity index is 860. The molecule has 0 aromatic carbocycles. The SMILES string of the molecule is [B]c1cccn2cc(CO[C@@H]3C[C@@H](C(=O)O)N(C(=O)OC(C)(C)C)C3)nc12. The van der Waals surface area contributed by atoms with Crippen molar-refractivity contribution in [2.45, 2.75) is 51.5 Å². The number of hydrogen-bond donors (Lipinski definition) is 1. The molecule has 8 nitrogen and oxygen atoms in total. The number of aliphatic carboxylic acids is 1. The van der Waals surface area contributed by atoms with Crippen molar-refractivity contribution in [1.29, 1.82) is 0 Å². The Morgan fingerprint density at radius 3 is 2.78 bits per heavy atom. The zero-order chi connectivity index (χ0) is 19.8. The fourth-order valence-electron chi connectivity index (χ4n) is 3.03. The average Bonchev–Trinajstić information content (AvgIpc) is 3.16. The van der Waals surface area contributed by atoms with Crippen LogP contribution in [0.3, 0.4) is 0 Å². The summed E-state index contributed by atoms with van der Waals surface area (Å²) in [6, 6.07) is 2.61. The van der Waals surface area contributed by atoms with E-state index in [1.807, 2.05) is 12.3 Å². The number of amides is 1. The maximum absolute atomic E-state index is 12.3. The highest BCUT2D eigenvalue weighted by atomic mass is 16.6. The third-order valence-corrected chi connectivity index (χ3v) is 4.21. The van der Waals surface area contributed by atoms with Crippen LogP contribution in [0, 0.1) is 0 Å². The Balaban J connectivity index is 1.65. The van der Waals surface area contributed by atoms with Gasteiger partial charge in [-0.3, -0.25) is 4.90 Å². The largest absolute Gasteiger partial charge is 0.480 e. The first-order valence-electron chi connectivity index (χ1n) is 8.70. The molecule has 0 saturated carbocycles. The fourth-order valence-corrected chi connectivity index (χ4v) is 3.03. The summed E-state index contributed by atoms with van der Waals surface area (Å²) in [7, 11) is 5.89. The van der Waals surface area contributed by atoms with Gasteiger partial charge in [0, 0.05) is 18.8 Å². The summed E-state index contributed by atoms with van der Waals surface area (Å²) in [6.45, 7) is 5.56. The van der Waals surface area contributed by atoms with E-state index in [9.17, 15) is 14.7 Å². The lowest BCUT2D eigenvalue weighted by molar-refractivity contribution is -0.142. The Kier molecular flexibility index (Phi) is 5.14. The lowest BCUT2D eigenvalue weighted by Gasteiger charge is -2.26. The normalized spacial score (nSPS) is 20.2. The monoisotopic (exact) mass is 371 g/mol. The molecule has 1 aliphatic rings. The van der Waals surface area contributed by atoms with E-state index in [-0.39, 0.29) is 19.6 Å². The van der Waals surface area contributed by atoms with Crippen molar-refractivity contribution in [3.8, 4) is 0 Å². The van der Waals surface area contributed by atoms with Crippen LogP contribution < -0.4 is 5.46 Å². The number of pyridine rings is 1. The van der Waals surface area contributed by atoms with E-state index in [0.717, 1.165) is 0 Å². The molecular formula is C18H22BN3O5. The van der Waals surface area contributed by atoms with Gasteiger partial charge >= 0.3 is 12.1 Å². The van der Waals surface area contributed by atoms with Crippen molar-refractivity contribution in [2.75, 3.05) is 6.54 Å². The molecule has 27 heavy (non-hydrogen) atoms. The average molecular weight is 371 g/mol. The summed E-state index contributed by atoms with van der Waals surface area (Å²) in [4.78, 5) is 29.5. The first kappa shape index (κ1) is 19.2. The molecule has 0 bridgehead atoms. The van der Waals surface area contributed by atoms with Crippen molar-refractivity contribution in [2.24, 2.45) is 0 Å². The van der Waals surface area contributed by atoms with Gasteiger partial charge in [0.25, 0.3) is 0 Å². The molecule has 0 aliphatic carbocycles. The van der Waals surface area contributed by atoms with Crippen molar-refractivity contribution >= 4 is 31.0 Å². The highest BCUT2D eigenvalue weighted by Crippen LogP contribution is 2.24. The molecule has 2 radical (unpaired) electrons. The van der Waals surface area contributed by atoms with Crippen molar-refractivity contribution < 1.29 is 24.2 Å². The van der Waals surface area contributed by atoms with Crippen LogP contribution in [0.4, 0.5) is 4.79 Å². The van der Waals surface area contributed by atoms with Crippen LogP contribution in [0.1, 0.15) is 32.9 Å². The van der Waals surface area contributed by atoms with Gasteiger partial charge in [0.05, 0.1) is 24.9 Å². The number of likely N-dealkylation sites (tertiary alicyclic amines) is 1. The minimum absolute atomic E-state index is 0.154. The van der Waals surface area contributed by atoms with E-state index in [2.05, 4.69) is 4.98 Å². The van der Waals surface area contributed by atoms with E-state index in [1.165, 1.54) is 4.90 Å². The number of carbonyl (C=O) groups excluding carboxylic acids is 1. The van der Waals surface area contributed by atoms with E-state index >= 15 is 0 Å². The number of fused-ring (bicyclic) bond motifs is 1. The number of carboxylic acid groups (broad SMARTS) is 1. The van der Waals surface area contributed by atoms with Gasteiger partial charge in [-0.2, -0.15) is 0 Å². The molecule has 1 N–H and O–H groups in total. The Morgan fingerprint density at radius 1 is 1.41 bits per heavy atom. The van der Waals surface area contributed by atoms with E-state index < -0.39 is 29.8 Å². The summed E-state index contributed by atoms with van der Waals surface area (Å²) in [5, 5.41) is 9.43. The van der Waals surface area contributed by atoms with E-state index in [4.69, 9.17) is 17.3 Å². The van der Waals surface area contributed by atoms with Gasteiger partial charge in [-0.25, -0.2) is 14.6 Å². The molecule has 3 rings (SSSR count). The molecule has 1 amide bonds. The summed E-state index contributed by atoms with van der Waals surface area (Å²) in [6.07, 6.45) is 2.77. The molecule has 2 aromatic heterocycles. The summed E-state index contributed by atoms with van der Waals surface area (Å²) in [5.41, 5.74) is 1.18. The molecule has 142 valence electrons. The first-order valence-corrected chi connectivity index (χ1v) is 8.70. The third-order valence-electron chi connectivity index (χ3n) is 4.21. The van der Waals surface area contributed by atoms with Crippen LogP contribution in [0.2, 0.25) is 0 Å². The number of aromatic nitrogens is 2. The zero-order valence-electron chi connectivity index (χ0n) is 15.6. The quantitative estimate of drug-likeness (QED) is 0.810. The molecule has 9 heteroatoms. The second-order valence-electron chi connectivity index (χ2n) is 7.58. The molecule has 0 unspecified atom stereocenters. The van der Waals surface area contributed by atoms with Gasteiger partial charge in [0.2, 0.25) is 0 Å². The summed E-state index contributed by atoms with van der Waals surface area (Å²) >= 11 is 0. The highest BCUT2D eigenvalue weighted by Gasteiger charge is 2.42. The lowest BCUT2D eigenvalue weighted by atomic mass is 9.98. The van der Waals surface area contributed by atoms with Crippen LogP contribution in [-0.2, 0) is 20.9 Å². The number of nitrogens with zero attached hydrogens (tertiary/aromatic N) is 3. The minimum Gasteiger partial charge on any atom is -0.480 e. The van der Waals surface area contributed by atoms with E-state index in [0.29, 0.717) is 16.8 Å². The Morgan fingerprint density at radius 2 is 2.15 bits per heavy atom. The van der Waals surface area contributed by atoms with Gasteiger partial charge in [-0.05, 0) is 26.8 Å². The van der Waals surface area contributed by atoms with Crippen LogP contribution in [0.5, 0.6) is 0 Å². The molecule has 0 spiro atoms. The van der Waals surface area contributed by atoms with Crippen molar-refractivity contribution in [3.63, 3.8) is 0 Å². The number of carbonyl (C=O) groups is 2. The smallest absolute Gasteiger partial charge is 0.411 e. The lowest BCUT2D eigenvalue weighted by Crippen LogP contribution is -2.43. The van der Waals surface area contributed by atoms with Crippen LogP contribution in [0.15, 0.2) is 24.5 Å². The zero-order valence-corrected chi connectivity index (χ0v) is 15.6. The van der Waals surface area contributed by atoms with Gasteiger partial charge < -0.3 is 19.0 Å². The first-order chi connectivity index (χ1) is 12.6. The van der Waals surface area contributed by atoms with Gasteiger partial charge in [0.1, 0.15) is 25.1 Å². The molecule has 2 atom stereocenters. The molecule has 2 aromatic rings. The molecule has 1 fully saturated rings. The number of rotatable bonds is 4. The van der Waals surface area contributed by atoms with Crippen LogP contribution in [0.25, 0.3) is 5.65 Å². The van der Waals surface area contributed by atoms with Crippen LogP contribution in [-0.4, -0.2) is 63.6 Å². The second-order valence-corrected chi connectivity index (χ2v) is 7.58. The minimum atomic E-state index is -1.08. The standard InChI is InChI=1S/C18H22BN3O5/c1-18(2,3)27-17(25)22-9-12(7-14(22)16(23)24)26-10-11-8-21-6-4-5-13(19)15(21)20-11/h4-6,8,12,14H,7,9-10H2,1-3H3,(H,23,24)/t12-,14+/m1/s1. The highest BCUT2D eigenvalue weighted by molar-refractivity contribution is 6.36. The predicted octanol–water partition coefficient (Wildman–Crippen LogP) is 1.11. The third kappa shape index (κ3) is 4.41. The van der Waals surface area contributed by atoms with Gasteiger partial charge in [-0.1, -0.05) is 11.5 Å². The summed E-state index contributed by atoms with van der Waals surface area (Å²) in [5.74, 6) is -1.08. The number of imidazole rings is 1. The second kappa shape index (κ2) is 7.23. The predicted molar refractivity (Wildman–Crippen MR) is 98.1 cm³/mol. The Labute approximate surface area is 158 Å². The summed E-state index contributed by atoms with van der Waals surface area (Å²) < 4.78 is 12.9. The number of ether oxygens (including phenoxy) is 2. The van der Waals surface area contributed by atoms with Crippen molar-refractivity contribution in [1.82, 2.24) is 14.3 Å². The maximum atomic E-state index is 12.3. The topological polar surface area (TPSA) is 93.4 Å². The van der Waals surface area contributed by atoms with Gasteiger partial charge in [-0.15, -0.1) is 0 Å². The van der Waals surface area contributed by atoms with Crippen LogP contribution >= 0.6 is 0 Å². The fraction of sp³-hybridized carbons (Fsp3) is 0.500. The van der Waals surface area contributed by atoms with Crippen molar-refractivity contribution in [3.05, 3.63) is 30.2 Å².